The summed E-state index contributed by atoms with van der Waals surface area (Å²) >= 11 is 13.2. The number of benzene rings is 2. The number of nitrogens with zero attached hydrogens (tertiary/aromatic N) is 1. The Morgan fingerprint density at radius 2 is 2.08 bits per heavy atom. The van der Waals surface area contributed by atoms with Gasteiger partial charge in [-0.25, -0.2) is 4.39 Å². The lowest BCUT2D eigenvalue weighted by Gasteiger charge is -2.30. The van der Waals surface area contributed by atoms with Gasteiger partial charge in [0.15, 0.2) is 5.17 Å². The highest BCUT2D eigenvalue weighted by atomic mass is 35.5. The molecule has 0 aliphatic carbocycles. The largest absolute Gasteiger partial charge is 0.379 e. The maximum Gasteiger partial charge on any atom is 0.257 e. The Bertz CT molecular complexity index is 906. The van der Waals surface area contributed by atoms with Crippen LogP contribution in [0.3, 0.4) is 0 Å². The van der Waals surface area contributed by atoms with E-state index in [1.54, 1.807) is 6.07 Å². The number of nitrogens with two attached hydrogens (primary N) is 1. The fraction of sp³-hybridized carbons (Fsp3) is 0.222. The fourth-order valence-corrected chi connectivity index (χ4v) is 4.17. The van der Waals surface area contributed by atoms with E-state index in [9.17, 15) is 9.18 Å². The zero-order chi connectivity index (χ0) is 18.9. The number of aliphatic imine (C=N–C) groups is 1. The van der Waals surface area contributed by atoms with Crippen LogP contribution in [-0.4, -0.2) is 16.8 Å². The number of halogens is 3. The van der Waals surface area contributed by atoms with Crippen LogP contribution in [0.5, 0.6) is 0 Å². The molecule has 0 bridgehead atoms. The van der Waals surface area contributed by atoms with Crippen LogP contribution in [0.25, 0.3) is 0 Å². The van der Waals surface area contributed by atoms with E-state index in [0.29, 0.717) is 10.9 Å². The van der Waals surface area contributed by atoms with Crippen LogP contribution in [0.1, 0.15) is 29.3 Å². The lowest BCUT2D eigenvalue weighted by Crippen LogP contribution is -2.28. The first-order chi connectivity index (χ1) is 12.3. The Labute approximate surface area is 165 Å². The number of hydrogen-bond acceptors (Lipinski definition) is 4. The van der Waals surface area contributed by atoms with E-state index in [1.165, 1.54) is 17.8 Å². The average molecular weight is 412 g/mol. The molecule has 1 amide bonds. The molecule has 3 N–H and O–H groups in total. The molecule has 3 rings (SSSR count). The van der Waals surface area contributed by atoms with Crippen molar-refractivity contribution in [2.45, 2.75) is 18.9 Å². The molecule has 0 radical (unpaired) electrons. The predicted octanol–water partition coefficient (Wildman–Crippen LogP) is 5.05. The maximum atomic E-state index is 13.7. The van der Waals surface area contributed by atoms with Gasteiger partial charge in [-0.1, -0.05) is 47.1 Å². The van der Waals surface area contributed by atoms with Gasteiger partial charge in [0, 0.05) is 11.4 Å². The van der Waals surface area contributed by atoms with Crippen molar-refractivity contribution >= 4 is 51.7 Å². The lowest BCUT2D eigenvalue weighted by atomic mass is 9.89. The molecule has 1 heterocycles. The van der Waals surface area contributed by atoms with Crippen molar-refractivity contribution in [1.29, 1.82) is 0 Å². The Morgan fingerprint density at radius 3 is 2.81 bits per heavy atom. The molecule has 0 saturated carbocycles. The van der Waals surface area contributed by atoms with Crippen LogP contribution in [0.4, 0.5) is 10.1 Å². The third-order valence-electron chi connectivity index (χ3n) is 4.19. The van der Waals surface area contributed by atoms with Crippen LogP contribution in [-0.2, 0) is 5.54 Å². The highest BCUT2D eigenvalue weighted by Gasteiger charge is 2.29. The Kier molecular flexibility index (Phi) is 5.46. The number of thioether (sulfide) groups is 1. The Hall–Kier alpha value is -1.76. The molecule has 0 aromatic heterocycles. The summed E-state index contributed by atoms with van der Waals surface area (Å²) in [6.07, 6.45) is 0.837. The number of rotatable bonds is 3. The van der Waals surface area contributed by atoms with Gasteiger partial charge in [-0.2, -0.15) is 0 Å². The summed E-state index contributed by atoms with van der Waals surface area (Å²) in [6.45, 7) is 2.01. The van der Waals surface area contributed by atoms with Gasteiger partial charge in [0.2, 0.25) is 0 Å². The minimum atomic E-state index is -0.702. The van der Waals surface area contributed by atoms with E-state index in [0.717, 1.165) is 23.8 Å². The summed E-state index contributed by atoms with van der Waals surface area (Å²) in [5, 5.41) is 3.24. The second-order valence-electron chi connectivity index (χ2n) is 6.10. The SMILES string of the molecule is CC1(c2cccc(NC(=O)c3cc(F)c(Cl)cc3Cl)c2)CCSC(N)=N1. The quantitative estimate of drug-likeness (QED) is 0.694. The van der Waals surface area contributed by atoms with E-state index < -0.39 is 17.3 Å². The van der Waals surface area contributed by atoms with Crippen LogP contribution in [0.2, 0.25) is 10.0 Å². The van der Waals surface area contributed by atoms with Gasteiger partial charge in [0.25, 0.3) is 5.91 Å². The first kappa shape index (κ1) is 19.0. The smallest absolute Gasteiger partial charge is 0.257 e. The molecule has 8 heteroatoms. The van der Waals surface area contributed by atoms with Gasteiger partial charge < -0.3 is 11.1 Å². The van der Waals surface area contributed by atoms with Crippen molar-refractivity contribution in [3.05, 3.63) is 63.4 Å². The van der Waals surface area contributed by atoms with E-state index >= 15 is 0 Å². The second kappa shape index (κ2) is 7.47. The van der Waals surface area contributed by atoms with Gasteiger partial charge in [0.05, 0.1) is 21.1 Å². The normalized spacial score (nSPS) is 19.8. The van der Waals surface area contributed by atoms with Gasteiger partial charge in [-0.05, 0) is 43.2 Å². The van der Waals surface area contributed by atoms with E-state index in [-0.39, 0.29) is 15.6 Å². The minimum absolute atomic E-state index is 0.0153. The van der Waals surface area contributed by atoms with E-state index in [2.05, 4.69) is 10.3 Å². The van der Waals surface area contributed by atoms with Crippen LogP contribution >= 0.6 is 35.0 Å². The van der Waals surface area contributed by atoms with E-state index in [4.69, 9.17) is 28.9 Å². The molecule has 0 fully saturated rings. The number of carbonyl (C=O) groups is 1. The summed E-state index contributed by atoms with van der Waals surface area (Å²) in [5.41, 5.74) is 6.94. The summed E-state index contributed by atoms with van der Waals surface area (Å²) in [5.74, 6) is -0.343. The number of hydrogen-bond donors (Lipinski definition) is 2. The van der Waals surface area contributed by atoms with Gasteiger partial charge >= 0.3 is 0 Å². The highest BCUT2D eigenvalue weighted by Crippen LogP contribution is 2.36. The molecule has 0 saturated heterocycles. The molecule has 1 atom stereocenters. The molecule has 4 nitrogen and oxygen atoms in total. The Balaban J connectivity index is 1.87. The van der Waals surface area contributed by atoms with Gasteiger partial charge in [0.1, 0.15) is 5.82 Å². The molecule has 26 heavy (non-hydrogen) atoms. The molecular formula is C18H16Cl2FN3OS. The number of nitrogens with one attached hydrogen (secondary N) is 1. The molecule has 1 aliphatic heterocycles. The topological polar surface area (TPSA) is 67.5 Å². The Morgan fingerprint density at radius 1 is 1.31 bits per heavy atom. The van der Waals surface area contributed by atoms with Crippen molar-refractivity contribution in [3.8, 4) is 0 Å². The van der Waals surface area contributed by atoms with Gasteiger partial charge in [-0.15, -0.1) is 0 Å². The van der Waals surface area contributed by atoms with Crippen molar-refractivity contribution in [2.24, 2.45) is 10.7 Å². The van der Waals surface area contributed by atoms with Gasteiger partial charge in [-0.3, -0.25) is 9.79 Å². The number of amides is 1. The molecule has 2 aromatic carbocycles. The summed E-state index contributed by atoms with van der Waals surface area (Å²) in [7, 11) is 0. The van der Waals surface area contributed by atoms with Crippen molar-refractivity contribution < 1.29 is 9.18 Å². The number of amidine groups is 1. The monoisotopic (exact) mass is 411 g/mol. The zero-order valence-electron chi connectivity index (χ0n) is 13.9. The number of carbonyl (C=O) groups excluding carboxylic acids is 1. The first-order valence-electron chi connectivity index (χ1n) is 7.83. The molecule has 0 spiro atoms. The van der Waals surface area contributed by atoms with Crippen molar-refractivity contribution in [1.82, 2.24) is 0 Å². The van der Waals surface area contributed by atoms with Crippen molar-refractivity contribution in [2.75, 3.05) is 11.1 Å². The average Bonchev–Trinajstić information content (AvgIpc) is 2.58. The highest BCUT2D eigenvalue weighted by molar-refractivity contribution is 8.13. The summed E-state index contributed by atoms with van der Waals surface area (Å²) in [6, 6.07) is 9.59. The molecular weight excluding hydrogens is 396 g/mol. The fourth-order valence-electron chi connectivity index (χ4n) is 2.72. The van der Waals surface area contributed by atoms with Crippen LogP contribution in [0.15, 0.2) is 41.4 Å². The standard InChI is InChI=1S/C18H16Cl2FN3OS/c1-18(5-6-26-17(22)24-18)10-3-2-4-11(7-10)23-16(25)12-8-15(21)14(20)9-13(12)19/h2-4,7-9H,5-6H2,1H3,(H2,22,24)(H,23,25). The summed E-state index contributed by atoms with van der Waals surface area (Å²) in [4.78, 5) is 17.0. The van der Waals surface area contributed by atoms with Crippen LogP contribution < -0.4 is 11.1 Å². The summed E-state index contributed by atoms with van der Waals surface area (Å²) < 4.78 is 13.7. The first-order valence-corrected chi connectivity index (χ1v) is 9.57. The van der Waals surface area contributed by atoms with Crippen LogP contribution in [0, 0.1) is 5.82 Å². The second-order valence-corrected chi connectivity index (χ2v) is 8.03. The predicted molar refractivity (Wildman–Crippen MR) is 107 cm³/mol. The lowest BCUT2D eigenvalue weighted by molar-refractivity contribution is 0.102. The van der Waals surface area contributed by atoms with Crippen molar-refractivity contribution in [3.63, 3.8) is 0 Å². The molecule has 136 valence electrons. The maximum absolute atomic E-state index is 13.7. The third-order valence-corrected chi connectivity index (χ3v) is 5.59. The number of anilines is 1. The minimum Gasteiger partial charge on any atom is -0.379 e. The molecule has 1 unspecified atom stereocenters. The molecule has 1 aliphatic rings. The molecule has 2 aromatic rings. The zero-order valence-corrected chi connectivity index (χ0v) is 16.2. The van der Waals surface area contributed by atoms with E-state index in [1.807, 2.05) is 25.1 Å². The third kappa shape index (κ3) is 3.98.